The number of nitriles is 1. The Morgan fingerprint density at radius 2 is 2.12 bits per heavy atom. The lowest BCUT2D eigenvalue weighted by Crippen LogP contribution is -2.41. The summed E-state index contributed by atoms with van der Waals surface area (Å²) in [7, 11) is 0. The zero-order chi connectivity index (χ0) is 12.0. The molecular weight excluding hydrogens is 196 g/mol. The Balaban J connectivity index is 2.41. The molecule has 1 saturated heterocycles. The van der Waals surface area contributed by atoms with Crippen LogP contribution in [0.15, 0.2) is 0 Å². The van der Waals surface area contributed by atoms with E-state index in [9.17, 15) is 0 Å². The van der Waals surface area contributed by atoms with Crippen LogP contribution in [0.4, 0.5) is 0 Å². The van der Waals surface area contributed by atoms with Crippen LogP contribution < -0.4 is 0 Å². The second-order valence-corrected chi connectivity index (χ2v) is 5.72. The van der Waals surface area contributed by atoms with Crippen molar-refractivity contribution in [1.82, 2.24) is 4.90 Å². The second kappa shape index (κ2) is 6.25. The van der Waals surface area contributed by atoms with Gasteiger partial charge in [-0.2, -0.15) is 5.26 Å². The number of likely N-dealkylation sites (tertiary alicyclic amines) is 1. The van der Waals surface area contributed by atoms with E-state index in [-0.39, 0.29) is 5.41 Å². The molecule has 0 N–H and O–H groups in total. The molecule has 1 fully saturated rings. The van der Waals surface area contributed by atoms with Crippen LogP contribution in [0, 0.1) is 16.7 Å². The highest BCUT2D eigenvalue weighted by Crippen LogP contribution is 2.24. The van der Waals surface area contributed by atoms with Gasteiger partial charge < -0.3 is 4.90 Å². The van der Waals surface area contributed by atoms with Crippen molar-refractivity contribution in [3.8, 4) is 6.07 Å². The molecule has 0 bridgehead atoms. The predicted octanol–water partition coefficient (Wildman–Crippen LogP) is 3.58. The fourth-order valence-electron chi connectivity index (χ4n) is 2.49. The van der Waals surface area contributed by atoms with E-state index in [0.717, 1.165) is 19.0 Å². The Hall–Kier alpha value is -0.550. The summed E-state index contributed by atoms with van der Waals surface area (Å²) in [5.74, 6) is 0. The number of nitrogens with zero attached hydrogens (tertiary/aromatic N) is 2. The molecule has 2 heteroatoms. The molecule has 1 unspecified atom stereocenters. The van der Waals surface area contributed by atoms with Gasteiger partial charge in [-0.1, -0.05) is 19.8 Å². The van der Waals surface area contributed by atoms with E-state index in [0.29, 0.717) is 0 Å². The van der Waals surface area contributed by atoms with Crippen LogP contribution in [-0.4, -0.2) is 24.0 Å². The Morgan fingerprint density at radius 1 is 1.38 bits per heavy atom. The van der Waals surface area contributed by atoms with Gasteiger partial charge >= 0.3 is 0 Å². The van der Waals surface area contributed by atoms with Crippen LogP contribution in [0.1, 0.15) is 59.3 Å². The Kier molecular flexibility index (Phi) is 5.28. The molecule has 92 valence electrons. The molecule has 0 amide bonds. The van der Waals surface area contributed by atoms with E-state index in [2.05, 4.69) is 17.9 Å². The molecule has 1 heterocycles. The largest absolute Gasteiger partial charge is 0.300 e. The van der Waals surface area contributed by atoms with E-state index in [1.54, 1.807) is 0 Å². The number of hydrogen-bond donors (Lipinski definition) is 0. The summed E-state index contributed by atoms with van der Waals surface area (Å²) < 4.78 is 0. The van der Waals surface area contributed by atoms with Crippen molar-refractivity contribution in [3.63, 3.8) is 0 Å². The van der Waals surface area contributed by atoms with Gasteiger partial charge in [-0.15, -0.1) is 0 Å². The maximum Gasteiger partial charge on any atom is 0.0684 e. The van der Waals surface area contributed by atoms with Gasteiger partial charge in [0, 0.05) is 6.04 Å². The molecule has 0 aromatic heterocycles. The monoisotopic (exact) mass is 222 g/mol. The van der Waals surface area contributed by atoms with Gasteiger partial charge in [-0.3, -0.25) is 0 Å². The molecule has 16 heavy (non-hydrogen) atoms. The fourth-order valence-corrected chi connectivity index (χ4v) is 2.49. The van der Waals surface area contributed by atoms with Crippen molar-refractivity contribution in [3.05, 3.63) is 0 Å². The van der Waals surface area contributed by atoms with E-state index in [1.807, 2.05) is 13.8 Å². The van der Waals surface area contributed by atoms with Gasteiger partial charge in [0.15, 0.2) is 0 Å². The van der Waals surface area contributed by atoms with Crippen molar-refractivity contribution in [1.29, 1.82) is 5.26 Å². The lowest BCUT2D eigenvalue weighted by Gasteiger charge is -2.36. The third kappa shape index (κ3) is 4.14. The standard InChI is InChI=1S/C14H26N2/c1-4-7-13-8-5-6-10-16(13)11-9-14(2,3)12-15/h13H,4-11H2,1-3H3. The molecular formula is C14H26N2. The molecule has 2 nitrogen and oxygen atoms in total. The average Bonchev–Trinajstić information content (AvgIpc) is 2.28. The summed E-state index contributed by atoms with van der Waals surface area (Å²) in [5, 5.41) is 9.02. The van der Waals surface area contributed by atoms with Gasteiger partial charge in [0.1, 0.15) is 0 Å². The van der Waals surface area contributed by atoms with Crippen LogP contribution in [0.5, 0.6) is 0 Å². The van der Waals surface area contributed by atoms with Crippen molar-refractivity contribution in [2.75, 3.05) is 13.1 Å². The first kappa shape index (κ1) is 13.5. The maximum absolute atomic E-state index is 9.02. The number of hydrogen-bond acceptors (Lipinski definition) is 2. The third-order valence-corrected chi connectivity index (χ3v) is 3.70. The number of piperidine rings is 1. The first-order valence-corrected chi connectivity index (χ1v) is 6.74. The van der Waals surface area contributed by atoms with Crippen LogP contribution in [-0.2, 0) is 0 Å². The van der Waals surface area contributed by atoms with Crippen LogP contribution in [0.25, 0.3) is 0 Å². The third-order valence-electron chi connectivity index (χ3n) is 3.70. The summed E-state index contributed by atoms with van der Waals surface area (Å²) in [6, 6.07) is 3.19. The summed E-state index contributed by atoms with van der Waals surface area (Å²) in [6.07, 6.45) is 7.70. The van der Waals surface area contributed by atoms with Gasteiger partial charge in [0.2, 0.25) is 0 Å². The lowest BCUT2D eigenvalue weighted by atomic mass is 9.90. The average molecular weight is 222 g/mol. The van der Waals surface area contributed by atoms with Gasteiger partial charge in [-0.05, 0) is 52.6 Å². The van der Waals surface area contributed by atoms with Crippen LogP contribution in [0.2, 0.25) is 0 Å². The van der Waals surface area contributed by atoms with Gasteiger partial charge in [0.05, 0.1) is 11.5 Å². The first-order valence-electron chi connectivity index (χ1n) is 6.74. The lowest BCUT2D eigenvalue weighted by molar-refractivity contribution is 0.127. The van der Waals surface area contributed by atoms with Crippen molar-refractivity contribution in [2.45, 2.75) is 65.3 Å². The van der Waals surface area contributed by atoms with Gasteiger partial charge in [0.25, 0.3) is 0 Å². The SMILES string of the molecule is CCCC1CCCCN1CCC(C)(C)C#N. The fraction of sp³-hybridized carbons (Fsp3) is 0.929. The van der Waals surface area contributed by atoms with Crippen molar-refractivity contribution < 1.29 is 0 Å². The highest BCUT2D eigenvalue weighted by atomic mass is 15.2. The zero-order valence-electron chi connectivity index (χ0n) is 11.1. The Morgan fingerprint density at radius 3 is 2.75 bits per heavy atom. The molecule has 0 saturated carbocycles. The highest BCUT2D eigenvalue weighted by Gasteiger charge is 2.24. The van der Waals surface area contributed by atoms with E-state index >= 15 is 0 Å². The molecule has 1 aliphatic rings. The summed E-state index contributed by atoms with van der Waals surface area (Å²) in [4.78, 5) is 2.62. The molecule has 1 rings (SSSR count). The van der Waals surface area contributed by atoms with E-state index in [1.165, 1.54) is 38.6 Å². The molecule has 0 aromatic rings. The normalized spacial score (nSPS) is 23.0. The van der Waals surface area contributed by atoms with Gasteiger partial charge in [-0.25, -0.2) is 0 Å². The van der Waals surface area contributed by atoms with Crippen LogP contribution >= 0.6 is 0 Å². The minimum atomic E-state index is -0.159. The van der Waals surface area contributed by atoms with Crippen LogP contribution in [0.3, 0.4) is 0 Å². The summed E-state index contributed by atoms with van der Waals surface area (Å²) in [5.41, 5.74) is -0.159. The minimum absolute atomic E-state index is 0.159. The second-order valence-electron chi connectivity index (χ2n) is 5.72. The molecule has 1 aliphatic heterocycles. The van der Waals surface area contributed by atoms with Crippen molar-refractivity contribution >= 4 is 0 Å². The Labute approximate surface area is 101 Å². The maximum atomic E-state index is 9.02. The molecule has 0 aliphatic carbocycles. The number of rotatable bonds is 5. The topological polar surface area (TPSA) is 27.0 Å². The first-order chi connectivity index (χ1) is 7.59. The minimum Gasteiger partial charge on any atom is -0.300 e. The summed E-state index contributed by atoms with van der Waals surface area (Å²) in [6.45, 7) is 8.71. The Bertz CT molecular complexity index is 238. The molecule has 0 spiro atoms. The van der Waals surface area contributed by atoms with E-state index < -0.39 is 0 Å². The molecule has 1 atom stereocenters. The zero-order valence-corrected chi connectivity index (χ0v) is 11.1. The predicted molar refractivity (Wildman–Crippen MR) is 68.1 cm³/mol. The van der Waals surface area contributed by atoms with E-state index in [4.69, 9.17) is 5.26 Å². The molecule has 0 radical (unpaired) electrons. The summed E-state index contributed by atoms with van der Waals surface area (Å²) >= 11 is 0. The quantitative estimate of drug-likeness (QED) is 0.711. The van der Waals surface area contributed by atoms with Crippen molar-refractivity contribution in [2.24, 2.45) is 5.41 Å². The smallest absolute Gasteiger partial charge is 0.0684 e. The highest BCUT2D eigenvalue weighted by molar-refractivity contribution is 4.92. The molecule has 0 aromatic carbocycles.